The molecule has 0 radical (unpaired) electrons. The number of H-pyrrole nitrogens is 1. The van der Waals surface area contributed by atoms with Crippen LogP contribution in [0.4, 0.5) is 0 Å². The first-order valence-electron chi connectivity index (χ1n) is 6.77. The van der Waals surface area contributed by atoms with Gasteiger partial charge in [0.2, 0.25) is 0 Å². The lowest BCUT2D eigenvalue weighted by atomic mass is 9.95. The minimum Gasteiger partial charge on any atom is -0.338 e. The van der Waals surface area contributed by atoms with Crippen molar-refractivity contribution in [3.63, 3.8) is 0 Å². The standard InChI is InChI=1S/C14H21N3O2/c1-9(8-15)17(2)14(19)11-7-10-5-3-4-6-12(10)16-13(11)18/h7,9H,3-6,8,15H2,1-2H3,(H,16,18). The first-order chi connectivity index (χ1) is 9.04. The molecule has 1 atom stereocenters. The number of fused-ring (bicyclic) bond motifs is 1. The van der Waals surface area contributed by atoms with Crippen LogP contribution in [-0.4, -0.2) is 35.4 Å². The fourth-order valence-corrected chi connectivity index (χ4v) is 2.38. The summed E-state index contributed by atoms with van der Waals surface area (Å²) in [5, 5.41) is 0. The number of likely N-dealkylation sites (N-methyl/N-ethyl adjacent to an activating group) is 1. The number of nitrogens with two attached hydrogens (primary N) is 1. The Morgan fingerprint density at radius 1 is 1.47 bits per heavy atom. The van der Waals surface area contributed by atoms with Crippen LogP contribution in [-0.2, 0) is 12.8 Å². The van der Waals surface area contributed by atoms with Crippen molar-refractivity contribution in [3.8, 4) is 0 Å². The molecule has 1 aliphatic rings. The topological polar surface area (TPSA) is 79.2 Å². The molecule has 2 rings (SSSR count). The maximum Gasteiger partial charge on any atom is 0.261 e. The molecule has 0 bridgehead atoms. The van der Waals surface area contributed by atoms with E-state index < -0.39 is 0 Å². The molecule has 5 heteroatoms. The van der Waals surface area contributed by atoms with Gasteiger partial charge in [-0.3, -0.25) is 9.59 Å². The molecule has 0 spiro atoms. The Morgan fingerprint density at radius 3 is 2.84 bits per heavy atom. The third-order valence-corrected chi connectivity index (χ3v) is 3.89. The van der Waals surface area contributed by atoms with Crippen LogP contribution in [0.15, 0.2) is 10.9 Å². The molecule has 0 saturated heterocycles. The van der Waals surface area contributed by atoms with Gasteiger partial charge in [0, 0.05) is 25.3 Å². The molecule has 0 aromatic carbocycles. The third-order valence-electron chi connectivity index (χ3n) is 3.89. The van der Waals surface area contributed by atoms with Crippen molar-refractivity contribution < 1.29 is 4.79 Å². The van der Waals surface area contributed by atoms with Crippen LogP contribution in [0.5, 0.6) is 0 Å². The molecular formula is C14H21N3O2. The zero-order valence-electron chi connectivity index (χ0n) is 11.5. The molecule has 1 unspecified atom stereocenters. The third kappa shape index (κ3) is 2.71. The Labute approximate surface area is 112 Å². The second-order valence-corrected chi connectivity index (χ2v) is 5.22. The van der Waals surface area contributed by atoms with E-state index in [0.29, 0.717) is 6.54 Å². The highest BCUT2D eigenvalue weighted by molar-refractivity contribution is 5.94. The second-order valence-electron chi connectivity index (χ2n) is 5.22. The van der Waals surface area contributed by atoms with Gasteiger partial charge in [0.1, 0.15) is 5.56 Å². The average Bonchev–Trinajstić information content (AvgIpc) is 2.44. The molecule has 1 amide bonds. The summed E-state index contributed by atoms with van der Waals surface area (Å²) in [6.07, 6.45) is 4.04. The highest BCUT2D eigenvalue weighted by atomic mass is 16.2. The highest BCUT2D eigenvalue weighted by Gasteiger charge is 2.21. The number of pyridine rings is 1. The molecule has 104 valence electrons. The monoisotopic (exact) mass is 263 g/mol. The lowest BCUT2D eigenvalue weighted by Crippen LogP contribution is -2.41. The van der Waals surface area contributed by atoms with Crippen LogP contribution in [0.1, 0.15) is 41.4 Å². The van der Waals surface area contributed by atoms with E-state index in [9.17, 15) is 9.59 Å². The van der Waals surface area contributed by atoms with Crippen LogP contribution in [0.2, 0.25) is 0 Å². The van der Waals surface area contributed by atoms with E-state index in [1.54, 1.807) is 13.1 Å². The van der Waals surface area contributed by atoms with E-state index >= 15 is 0 Å². The van der Waals surface area contributed by atoms with E-state index in [1.165, 1.54) is 4.90 Å². The largest absolute Gasteiger partial charge is 0.338 e. The lowest BCUT2D eigenvalue weighted by molar-refractivity contribution is 0.0746. The predicted molar refractivity (Wildman–Crippen MR) is 74.3 cm³/mol. The Kier molecular flexibility index (Phi) is 4.04. The van der Waals surface area contributed by atoms with E-state index in [-0.39, 0.29) is 23.1 Å². The van der Waals surface area contributed by atoms with Gasteiger partial charge in [0.05, 0.1) is 0 Å². The Hall–Kier alpha value is -1.62. The number of hydrogen-bond donors (Lipinski definition) is 2. The van der Waals surface area contributed by atoms with E-state index in [2.05, 4.69) is 4.98 Å². The van der Waals surface area contributed by atoms with Crippen molar-refractivity contribution in [2.75, 3.05) is 13.6 Å². The van der Waals surface area contributed by atoms with Gasteiger partial charge in [-0.15, -0.1) is 0 Å². The molecule has 5 nitrogen and oxygen atoms in total. The number of hydrogen-bond acceptors (Lipinski definition) is 3. The van der Waals surface area contributed by atoms with Crippen molar-refractivity contribution in [2.24, 2.45) is 5.73 Å². The number of nitrogens with one attached hydrogen (secondary N) is 1. The first-order valence-corrected chi connectivity index (χ1v) is 6.77. The van der Waals surface area contributed by atoms with E-state index in [4.69, 9.17) is 5.73 Å². The van der Waals surface area contributed by atoms with E-state index in [1.807, 2.05) is 6.92 Å². The number of carbonyl (C=O) groups is 1. The number of carbonyl (C=O) groups excluding carboxylic acids is 1. The number of nitrogens with zero attached hydrogens (tertiary/aromatic N) is 1. The SMILES string of the molecule is CC(CN)N(C)C(=O)c1cc2c([nH]c1=O)CCCC2. The number of aromatic amines is 1. The van der Waals surface area contributed by atoms with Crippen molar-refractivity contribution in [3.05, 3.63) is 33.2 Å². The average molecular weight is 263 g/mol. The van der Waals surface area contributed by atoms with Gasteiger partial charge >= 0.3 is 0 Å². The Morgan fingerprint density at radius 2 is 2.16 bits per heavy atom. The Bertz CT molecular complexity index is 536. The summed E-state index contributed by atoms with van der Waals surface area (Å²) in [7, 11) is 1.68. The van der Waals surface area contributed by atoms with Crippen LogP contribution in [0.3, 0.4) is 0 Å². The van der Waals surface area contributed by atoms with Crippen LogP contribution in [0, 0.1) is 0 Å². The summed E-state index contributed by atoms with van der Waals surface area (Å²) < 4.78 is 0. The number of aromatic nitrogens is 1. The van der Waals surface area contributed by atoms with Crippen molar-refractivity contribution >= 4 is 5.91 Å². The van der Waals surface area contributed by atoms with Gasteiger partial charge in [-0.05, 0) is 44.2 Å². The minimum atomic E-state index is -0.290. The normalized spacial score (nSPS) is 15.7. The molecule has 0 saturated carbocycles. The Balaban J connectivity index is 2.35. The lowest BCUT2D eigenvalue weighted by Gasteiger charge is -2.24. The fraction of sp³-hybridized carbons (Fsp3) is 0.571. The molecule has 1 heterocycles. The van der Waals surface area contributed by atoms with E-state index in [0.717, 1.165) is 36.9 Å². The summed E-state index contributed by atoms with van der Waals surface area (Å²) in [5.74, 6) is -0.257. The number of aryl methyl sites for hydroxylation is 2. The molecule has 1 aromatic rings. The smallest absolute Gasteiger partial charge is 0.261 e. The van der Waals surface area contributed by atoms with Crippen LogP contribution >= 0.6 is 0 Å². The second kappa shape index (κ2) is 5.57. The summed E-state index contributed by atoms with van der Waals surface area (Å²) in [6, 6.07) is 1.68. The first kappa shape index (κ1) is 13.8. The van der Waals surface area contributed by atoms with Gasteiger partial charge in [0.25, 0.3) is 11.5 Å². The zero-order chi connectivity index (χ0) is 14.0. The molecule has 19 heavy (non-hydrogen) atoms. The zero-order valence-corrected chi connectivity index (χ0v) is 11.5. The highest BCUT2D eigenvalue weighted by Crippen LogP contribution is 2.19. The molecule has 0 aliphatic heterocycles. The molecule has 1 aliphatic carbocycles. The maximum atomic E-state index is 12.3. The summed E-state index contributed by atoms with van der Waals surface area (Å²) in [4.78, 5) is 28.7. The summed E-state index contributed by atoms with van der Waals surface area (Å²) >= 11 is 0. The molecular weight excluding hydrogens is 242 g/mol. The quantitative estimate of drug-likeness (QED) is 0.841. The fourth-order valence-electron chi connectivity index (χ4n) is 2.38. The van der Waals surface area contributed by atoms with Gasteiger partial charge in [-0.25, -0.2) is 0 Å². The van der Waals surface area contributed by atoms with Gasteiger partial charge in [-0.1, -0.05) is 0 Å². The predicted octanol–water partition coefficient (Wildman–Crippen LogP) is 0.673. The summed E-state index contributed by atoms with van der Waals surface area (Å²) in [5.41, 5.74) is 7.58. The molecule has 0 fully saturated rings. The van der Waals surface area contributed by atoms with Crippen molar-refractivity contribution in [1.29, 1.82) is 0 Å². The van der Waals surface area contributed by atoms with Gasteiger partial charge in [-0.2, -0.15) is 0 Å². The van der Waals surface area contributed by atoms with Gasteiger partial charge in [0.15, 0.2) is 0 Å². The van der Waals surface area contributed by atoms with Gasteiger partial charge < -0.3 is 15.6 Å². The van der Waals surface area contributed by atoms with Crippen molar-refractivity contribution in [1.82, 2.24) is 9.88 Å². The number of amides is 1. The molecule has 1 aromatic heterocycles. The maximum absolute atomic E-state index is 12.3. The van der Waals surface area contributed by atoms with Crippen LogP contribution in [0.25, 0.3) is 0 Å². The minimum absolute atomic E-state index is 0.0806. The van der Waals surface area contributed by atoms with Crippen LogP contribution < -0.4 is 11.3 Å². The van der Waals surface area contributed by atoms with Crippen molar-refractivity contribution in [2.45, 2.75) is 38.6 Å². The molecule has 3 N–H and O–H groups in total. The summed E-state index contributed by atoms with van der Waals surface area (Å²) in [6.45, 7) is 2.25. The number of rotatable bonds is 3.